The van der Waals surface area contributed by atoms with Crippen molar-refractivity contribution >= 4 is 15.9 Å². The highest BCUT2D eigenvalue weighted by atomic mass is 79.9. The molecule has 0 N–H and O–H groups in total. The second-order valence-corrected chi connectivity index (χ2v) is 5.34. The number of aromatic nitrogens is 1. The van der Waals surface area contributed by atoms with Crippen molar-refractivity contribution in [1.82, 2.24) is 4.98 Å². The number of halogens is 1. The largest absolute Gasteiger partial charge is 0.474 e. The standard InChI is InChI=1S/C13H18BrNO2/c1-9-12(14)6-7-13(15-9)17-11-5-3-4-10(8-11)16-2/h6-7,10-11H,3-5,8H2,1-2H3. The Morgan fingerprint density at radius 1 is 1.29 bits per heavy atom. The predicted octanol–water partition coefficient (Wildman–Crippen LogP) is 3.49. The van der Waals surface area contributed by atoms with Crippen LogP contribution in [-0.4, -0.2) is 24.3 Å². The number of aryl methyl sites for hydroxylation is 1. The van der Waals surface area contributed by atoms with E-state index in [1.807, 2.05) is 19.1 Å². The summed E-state index contributed by atoms with van der Waals surface area (Å²) in [6, 6.07) is 3.89. The van der Waals surface area contributed by atoms with Gasteiger partial charge in [0.25, 0.3) is 0 Å². The molecule has 0 spiro atoms. The minimum absolute atomic E-state index is 0.238. The second kappa shape index (κ2) is 5.83. The first-order valence-corrected chi connectivity index (χ1v) is 6.81. The lowest BCUT2D eigenvalue weighted by molar-refractivity contribution is 0.0195. The average molecular weight is 300 g/mol. The van der Waals surface area contributed by atoms with Crippen LogP contribution in [0.2, 0.25) is 0 Å². The molecule has 0 aromatic carbocycles. The van der Waals surface area contributed by atoms with Crippen LogP contribution in [0.15, 0.2) is 16.6 Å². The fourth-order valence-corrected chi connectivity index (χ4v) is 2.40. The molecule has 0 amide bonds. The molecule has 0 bridgehead atoms. The van der Waals surface area contributed by atoms with Gasteiger partial charge in [0, 0.05) is 24.1 Å². The van der Waals surface area contributed by atoms with E-state index in [1.165, 1.54) is 6.42 Å². The molecule has 1 heterocycles. The maximum Gasteiger partial charge on any atom is 0.213 e. The molecule has 0 radical (unpaired) electrons. The van der Waals surface area contributed by atoms with Crippen molar-refractivity contribution in [1.29, 1.82) is 0 Å². The van der Waals surface area contributed by atoms with Crippen LogP contribution >= 0.6 is 15.9 Å². The zero-order chi connectivity index (χ0) is 12.3. The fraction of sp³-hybridized carbons (Fsp3) is 0.615. The van der Waals surface area contributed by atoms with E-state index in [2.05, 4.69) is 20.9 Å². The van der Waals surface area contributed by atoms with Gasteiger partial charge in [0.1, 0.15) is 6.10 Å². The van der Waals surface area contributed by atoms with Crippen LogP contribution in [-0.2, 0) is 4.74 Å². The van der Waals surface area contributed by atoms with Crippen molar-refractivity contribution in [3.63, 3.8) is 0 Å². The van der Waals surface area contributed by atoms with Gasteiger partial charge >= 0.3 is 0 Å². The van der Waals surface area contributed by atoms with Crippen LogP contribution in [0.25, 0.3) is 0 Å². The van der Waals surface area contributed by atoms with Crippen LogP contribution in [0.1, 0.15) is 31.4 Å². The van der Waals surface area contributed by atoms with Gasteiger partial charge in [0.15, 0.2) is 0 Å². The van der Waals surface area contributed by atoms with E-state index in [1.54, 1.807) is 7.11 Å². The zero-order valence-corrected chi connectivity index (χ0v) is 11.9. The van der Waals surface area contributed by atoms with Crippen molar-refractivity contribution in [3.05, 3.63) is 22.3 Å². The normalized spacial score (nSPS) is 24.6. The lowest BCUT2D eigenvalue weighted by Gasteiger charge is -2.28. The molecule has 1 aromatic rings. The van der Waals surface area contributed by atoms with E-state index >= 15 is 0 Å². The van der Waals surface area contributed by atoms with Crippen LogP contribution in [0, 0.1) is 6.92 Å². The SMILES string of the molecule is COC1CCCC(Oc2ccc(Br)c(C)n2)C1. The van der Waals surface area contributed by atoms with Crippen molar-refractivity contribution in [2.24, 2.45) is 0 Å². The lowest BCUT2D eigenvalue weighted by Crippen LogP contribution is -2.29. The number of rotatable bonds is 3. The Kier molecular flexibility index (Phi) is 4.40. The molecule has 1 aliphatic carbocycles. The molecule has 2 rings (SSSR count). The van der Waals surface area contributed by atoms with Crippen LogP contribution < -0.4 is 4.74 Å². The Bertz CT molecular complexity index is 384. The van der Waals surface area contributed by atoms with Crippen molar-refractivity contribution in [2.45, 2.75) is 44.8 Å². The van der Waals surface area contributed by atoms with Crippen molar-refractivity contribution < 1.29 is 9.47 Å². The Balaban J connectivity index is 1.97. The highest BCUT2D eigenvalue weighted by Crippen LogP contribution is 2.25. The summed E-state index contributed by atoms with van der Waals surface area (Å²) < 4.78 is 12.3. The Morgan fingerprint density at radius 3 is 2.76 bits per heavy atom. The molecule has 2 atom stereocenters. The predicted molar refractivity (Wildman–Crippen MR) is 70.4 cm³/mol. The van der Waals surface area contributed by atoms with Gasteiger partial charge in [-0.2, -0.15) is 0 Å². The smallest absolute Gasteiger partial charge is 0.213 e. The topological polar surface area (TPSA) is 31.4 Å². The maximum absolute atomic E-state index is 5.91. The second-order valence-electron chi connectivity index (χ2n) is 4.48. The summed E-state index contributed by atoms with van der Waals surface area (Å²) in [6.07, 6.45) is 4.94. The van der Waals surface area contributed by atoms with Crippen LogP contribution in [0.4, 0.5) is 0 Å². The molecule has 1 fully saturated rings. The summed E-state index contributed by atoms with van der Waals surface area (Å²) in [5.41, 5.74) is 0.960. The minimum atomic E-state index is 0.238. The molecule has 0 saturated heterocycles. The highest BCUT2D eigenvalue weighted by Gasteiger charge is 2.23. The molecule has 2 unspecified atom stereocenters. The highest BCUT2D eigenvalue weighted by molar-refractivity contribution is 9.10. The molecule has 94 valence electrons. The number of hydrogen-bond acceptors (Lipinski definition) is 3. The molecule has 1 aliphatic rings. The van der Waals surface area contributed by atoms with E-state index in [0.29, 0.717) is 12.0 Å². The molecular weight excluding hydrogens is 282 g/mol. The van der Waals surface area contributed by atoms with Crippen molar-refractivity contribution in [2.75, 3.05) is 7.11 Å². The van der Waals surface area contributed by atoms with Gasteiger partial charge in [-0.15, -0.1) is 0 Å². The first-order chi connectivity index (χ1) is 8.19. The number of hydrogen-bond donors (Lipinski definition) is 0. The molecular formula is C13H18BrNO2. The molecule has 4 heteroatoms. The third-order valence-electron chi connectivity index (χ3n) is 3.19. The van der Waals surface area contributed by atoms with Gasteiger partial charge in [0.05, 0.1) is 11.8 Å². The monoisotopic (exact) mass is 299 g/mol. The van der Waals surface area contributed by atoms with Crippen LogP contribution in [0.3, 0.4) is 0 Å². The number of pyridine rings is 1. The van der Waals surface area contributed by atoms with Gasteiger partial charge in [-0.05, 0) is 48.2 Å². The van der Waals surface area contributed by atoms with E-state index in [9.17, 15) is 0 Å². The zero-order valence-electron chi connectivity index (χ0n) is 10.3. The van der Waals surface area contributed by atoms with Gasteiger partial charge in [-0.3, -0.25) is 0 Å². The molecule has 1 saturated carbocycles. The third kappa shape index (κ3) is 3.42. The van der Waals surface area contributed by atoms with Gasteiger partial charge < -0.3 is 9.47 Å². The summed E-state index contributed by atoms with van der Waals surface area (Å²) in [4.78, 5) is 4.41. The summed E-state index contributed by atoms with van der Waals surface area (Å²) in [6.45, 7) is 1.97. The first-order valence-electron chi connectivity index (χ1n) is 6.01. The Hall–Kier alpha value is -0.610. The first kappa shape index (κ1) is 12.8. The number of methoxy groups -OCH3 is 1. The van der Waals surface area contributed by atoms with Crippen molar-refractivity contribution in [3.8, 4) is 5.88 Å². The summed E-state index contributed by atoms with van der Waals surface area (Å²) in [5.74, 6) is 0.715. The summed E-state index contributed by atoms with van der Waals surface area (Å²) >= 11 is 3.44. The average Bonchev–Trinajstić information content (AvgIpc) is 2.34. The Labute approximate surface area is 111 Å². The van der Waals surface area contributed by atoms with Gasteiger partial charge in [-0.1, -0.05) is 0 Å². The molecule has 1 aromatic heterocycles. The number of ether oxygens (including phenoxy) is 2. The lowest BCUT2D eigenvalue weighted by atomic mass is 9.95. The minimum Gasteiger partial charge on any atom is -0.474 e. The molecule has 17 heavy (non-hydrogen) atoms. The van der Waals surface area contributed by atoms with E-state index in [0.717, 1.165) is 29.4 Å². The van der Waals surface area contributed by atoms with E-state index in [4.69, 9.17) is 9.47 Å². The summed E-state index contributed by atoms with van der Waals surface area (Å²) in [5, 5.41) is 0. The fourth-order valence-electron chi connectivity index (χ4n) is 2.18. The molecule has 0 aliphatic heterocycles. The Morgan fingerprint density at radius 2 is 2.06 bits per heavy atom. The van der Waals surface area contributed by atoms with Crippen LogP contribution in [0.5, 0.6) is 5.88 Å². The number of nitrogens with zero attached hydrogens (tertiary/aromatic N) is 1. The quantitative estimate of drug-likeness (QED) is 0.856. The molecule has 3 nitrogen and oxygen atoms in total. The maximum atomic E-state index is 5.91. The van der Waals surface area contributed by atoms with Gasteiger partial charge in [-0.25, -0.2) is 4.98 Å². The van der Waals surface area contributed by atoms with E-state index in [-0.39, 0.29) is 6.10 Å². The van der Waals surface area contributed by atoms with Gasteiger partial charge in [0.2, 0.25) is 5.88 Å². The summed E-state index contributed by atoms with van der Waals surface area (Å²) in [7, 11) is 1.77. The third-order valence-corrected chi connectivity index (χ3v) is 4.03. The van der Waals surface area contributed by atoms with E-state index < -0.39 is 0 Å².